The topological polar surface area (TPSA) is 34.3 Å². The zero-order valence-corrected chi connectivity index (χ0v) is 11.1. The lowest BCUT2D eigenvalue weighted by Crippen LogP contribution is -2.51. The number of rotatable bonds is 4. The number of likely N-dealkylation sites (N-methyl/N-ethyl adjacent to an activating group) is 1. The van der Waals surface area contributed by atoms with E-state index in [2.05, 4.69) is 53.4 Å². The van der Waals surface area contributed by atoms with E-state index in [1.54, 1.807) is 0 Å². The fourth-order valence-corrected chi connectivity index (χ4v) is 2.82. The van der Waals surface area contributed by atoms with Crippen LogP contribution in [-0.4, -0.2) is 61.1 Å². The summed E-state index contributed by atoms with van der Waals surface area (Å²) in [6.07, 6.45) is 4.12. The molecule has 4 nitrogen and oxygen atoms in total. The average Bonchev–Trinajstić information content (AvgIpc) is 2.83. The number of nitrogens with zero attached hydrogens (tertiary/aromatic N) is 2. The largest absolute Gasteiger partial charge is 0.367 e. The van der Waals surface area contributed by atoms with E-state index in [-0.39, 0.29) is 0 Å². The summed E-state index contributed by atoms with van der Waals surface area (Å²) < 4.78 is 0. The van der Waals surface area contributed by atoms with Crippen molar-refractivity contribution in [1.29, 1.82) is 0 Å². The van der Waals surface area contributed by atoms with Crippen molar-refractivity contribution in [2.75, 3.05) is 40.3 Å². The molecule has 2 heterocycles. The minimum atomic E-state index is 0.458. The van der Waals surface area contributed by atoms with Gasteiger partial charge in [-0.25, -0.2) is 0 Å². The lowest BCUT2D eigenvalue weighted by molar-refractivity contribution is 0.106. The summed E-state index contributed by atoms with van der Waals surface area (Å²) in [6.45, 7) is 6.85. The summed E-state index contributed by atoms with van der Waals surface area (Å²) in [6, 6.07) is 3.19. The highest BCUT2D eigenvalue weighted by Gasteiger charge is 2.27. The molecule has 1 aliphatic heterocycles. The van der Waals surface area contributed by atoms with Crippen LogP contribution in [0.1, 0.15) is 18.5 Å². The summed E-state index contributed by atoms with van der Waals surface area (Å²) in [5.41, 5.74) is 1.38. The quantitative estimate of drug-likeness (QED) is 0.815. The van der Waals surface area contributed by atoms with Gasteiger partial charge in [0.2, 0.25) is 0 Å². The predicted molar refractivity (Wildman–Crippen MR) is 71.1 cm³/mol. The van der Waals surface area contributed by atoms with E-state index in [1.165, 1.54) is 5.56 Å². The molecule has 96 valence electrons. The van der Waals surface area contributed by atoms with Crippen LogP contribution in [0, 0.1) is 0 Å². The zero-order chi connectivity index (χ0) is 12.3. The third-order valence-electron chi connectivity index (χ3n) is 3.70. The van der Waals surface area contributed by atoms with Gasteiger partial charge >= 0.3 is 0 Å². The highest BCUT2D eigenvalue weighted by Crippen LogP contribution is 2.25. The molecule has 1 fully saturated rings. The van der Waals surface area contributed by atoms with Crippen LogP contribution in [0.3, 0.4) is 0 Å². The lowest BCUT2D eigenvalue weighted by atomic mass is 10.0. The second-order valence-corrected chi connectivity index (χ2v) is 5.08. The lowest BCUT2D eigenvalue weighted by Gasteiger charge is -2.39. The smallest absolute Gasteiger partial charge is 0.0510 e. The number of aromatic amines is 1. The van der Waals surface area contributed by atoms with Crippen LogP contribution in [0.2, 0.25) is 0 Å². The van der Waals surface area contributed by atoms with Gasteiger partial charge in [0, 0.05) is 44.6 Å². The van der Waals surface area contributed by atoms with Crippen molar-refractivity contribution in [3.05, 3.63) is 24.0 Å². The van der Waals surface area contributed by atoms with E-state index < -0.39 is 0 Å². The van der Waals surface area contributed by atoms with E-state index in [4.69, 9.17) is 0 Å². The first-order valence-electron chi connectivity index (χ1n) is 6.44. The van der Waals surface area contributed by atoms with Gasteiger partial charge < -0.3 is 15.2 Å². The summed E-state index contributed by atoms with van der Waals surface area (Å²) in [5.74, 6) is 0. The summed E-state index contributed by atoms with van der Waals surface area (Å²) in [7, 11) is 4.33. The number of piperazine rings is 1. The molecule has 2 N–H and O–H groups in total. The Balaban J connectivity index is 2.10. The van der Waals surface area contributed by atoms with Crippen LogP contribution in [0.4, 0.5) is 0 Å². The van der Waals surface area contributed by atoms with Gasteiger partial charge in [-0.15, -0.1) is 0 Å². The Bertz CT molecular complexity index is 314. The molecule has 1 aromatic heterocycles. The van der Waals surface area contributed by atoms with Crippen LogP contribution in [0.15, 0.2) is 18.5 Å². The molecule has 0 aliphatic carbocycles. The van der Waals surface area contributed by atoms with E-state index in [0.717, 1.165) is 26.2 Å². The van der Waals surface area contributed by atoms with Crippen molar-refractivity contribution in [1.82, 2.24) is 20.1 Å². The number of hydrogen-bond donors (Lipinski definition) is 2. The highest BCUT2D eigenvalue weighted by atomic mass is 15.3. The molecule has 2 unspecified atom stereocenters. The van der Waals surface area contributed by atoms with Gasteiger partial charge in [0.15, 0.2) is 0 Å². The summed E-state index contributed by atoms with van der Waals surface area (Å²) in [5, 5.41) is 3.41. The molecule has 0 radical (unpaired) electrons. The fraction of sp³-hybridized carbons (Fsp3) is 0.692. The van der Waals surface area contributed by atoms with Crippen molar-refractivity contribution in [2.45, 2.75) is 19.0 Å². The number of H-pyrrole nitrogens is 1. The Morgan fingerprint density at radius 3 is 2.53 bits per heavy atom. The van der Waals surface area contributed by atoms with Gasteiger partial charge in [0.05, 0.1) is 6.04 Å². The van der Waals surface area contributed by atoms with Gasteiger partial charge in [-0.3, -0.25) is 4.90 Å². The van der Waals surface area contributed by atoms with Crippen LogP contribution >= 0.6 is 0 Å². The summed E-state index contributed by atoms with van der Waals surface area (Å²) >= 11 is 0. The van der Waals surface area contributed by atoms with E-state index in [0.29, 0.717) is 12.1 Å². The predicted octanol–water partition coefficient (Wildman–Crippen LogP) is 0.911. The molecule has 0 aromatic carbocycles. The van der Waals surface area contributed by atoms with E-state index in [1.807, 2.05) is 6.20 Å². The molecular formula is C13H24N4. The molecule has 0 bridgehead atoms. The normalized spacial score (nSPS) is 21.6. The molecule has 1 aromatic rings. The van der Waals surface area contributed by atoms with Crippen molar-refractivity contribution >= 4 is 0 Å². The molecule has 0 saturated carbocycles. The Morgan fingerprint density at radius 2 is 2.00 bits per heavy atom. The van der Waals surface area contributed by atoms with Crippen LogP contribution < -0.4 is 5.32 Å². The van der Waals surface area contributed by atoms with Crippen molar-refractivity contribution < 1.29 is 0 Å². The van der Waals surface area contributed by atoms with Crippen LogP contribution in [0.25, 0.3) is 0 Å². The first kappa shape index (κ1) is 12.6. The zero-order valence-electron chi connectivity index (χ0n) is 11.1. The first-order chi connectivity index (χ1) is 8.20. The Hall–Kier alpha value is -0.840. The molecule has 17 heavy (non-hydrogen) atoms. The maximum Gasteiger partial charge on any atom is 0.0510 e. The van der Waals surface area contributed by atoms with Crippen LogP contribution in [0.5, 0.6) is 0 Å². The third kappa shape index (κ3) is 2.89. The van der Waals surface area contributed by atoms with Gasteiger partial charge in [-0.1, -0.05) is 0 Å². The summed E-state index contributed by atoms with van der Waals surface area (Å²) in [4.78, 5) is 8.06. The number of hydrogen-bond acceptors (Lipinski definition) is 3. The molecule has 1 saturated heterocycles. The van der Waals surface area contributed by atoms with Gasteiger partial charge in [0.25, 0.3) is 0 Å². The Morgan fingerprint density at radius 1 is 1.29 bits per heavy atom. The number of aromatic nitrogens is 1. The molecule has 0 spiro atoms. The fourth-order valence-electron chi connectivity index (χ4n) is 2.82. The maximum atomic E-state index is 3.41. The SMILES string of the molecule is CC(C(c1cc[nH]c1)N(C)C)N1CCNCC1. The van der Waals surface area contributed by atoms with Gasteiger partial charge in [0.1, 0.15) is 0 Å². The van der Waals surface area contributed by atoms with Gasteiger partial charge in [-0.05, 0) is 32.6 Å². The first-order valence-corrected chi connectivity index (χ1v) is 6.44. The van der Waals surface area contributed by atoms with E-state index in [9.17, 15) is 0 Å². The molecule has 2 atom stereocenters. The Kier molecular flexibility index (Phi) is 4.20. The minimum Gasteiger partial charge on any atom is -0.367 e. The van der Waals surface area contributed by atoms with Crippen molar-refractivity contribution in [3.8, 4) is 0 Å². The number of nitrogens with one attached hydrogen (secondary N) is 2. The molecule has 1 aliphatic rings. The molecule has 0 amide bonds. The van der Waals surface area contributed by atoms with Crippen molar-refractivity contribution in [3.63, 3.8) is 0 Å². The molecule has 4 heteroatoms. The monoisotopic (exact) mass is 236 g/mol. The average molecular weight is 236 g/mol. The third-order valence-corrected chi connectivity index (χ3v) is 3.70. The van der Waals surface area contributed by atoms with Crippen LogP contribution in [-0.2, 0) is 0 Å². The standard InChI is InChI=1S/C13H24N4/c1-11(17-8-6-14-7-9-17)13(16(2)3)12-4-5-15-10-12/h4-5,10-11,13-15H,6-9H2,1-3H3. The second-order valence-electron chi connectivity index (χ2n) is 5.08. The Labute approximate surface area is 104 Å². The van der Waals surface area contributed by atoms with Crippen molar-refractivity contribution in [2.24, 2.45) is 0 Å². The van der Waals surface area contributed by atoms with Gasteiger partial charge in [-0.2, -0.15) is 0 Å². The highest BCUT2D eigenvalue weighted by molar-refractivity contribution is 5.16. The molecular weight excluding hydrogens is 212 g/mol. The molecule has 2 rings (SSSR count). The minimum absolute atomic E-state index is 0.458. The maximum absolute atomic E-state index is 3.41. The second kappa shape index (κ2) is 5.67. The van der Waals surface area contributed by atoms with E-state index >= 15 is 0 Å².